The lowest BCUT2D eigenvalue weighted by Crippen LogP contribution is -2.12. The highest BCUT2D eigenvalue weighted by atomic mass is 16.5. The van der Waals surface area contributed by atoms with Gasteiger partial charge in [-0.1, -0.05) is 42.0 Å². The van der Waals surface area contributed by atoms with Crippen LogP contribution >= 0.6 is 0 Å². The summed E-state index contributed by atoms with van der Waals surface area (Å²) in [4.78, 5) is 22.1. The van der Waals surface area contributed by atoms with Crippen LogP contribution in [-0.2, 0) is 11.3 Å². The van der Waals surface area contributed by atoms with Crippen LogP contribution in [0.25, 0.3) is 21.8 Å². The molecule has 0 aliphatic heterocycles. The quantitative estimate of drug-likeness (QED) is 0.378. The number of rotatable bonds is 5. The predicted octanol–water partition coefficient (Wildman–Crippen LogP) is 5.19. The van der Waals surface area contributed by atoms with E-state index in [1.165, 1.54) is 0 Å². The van der Waals surface area contributed by atoms with Crippen molar-refractivity contribution in [1.29, 1.82) is 0 Å². The van der Waals surface area contributed by atoms with Crippen LogP contribution in [0.5, 0.6) is 0 Å². The molecule has 0 spiro atoms. The predicted molar refractivity (Wildman–Crippen MR) is 116 cm³/mol. The van der Waals surface area contributed by atoms with E-state index in [2.05, 4.69) is 16.4 Å². The van der Waals surface area contributed by atoms with Crippen molar-refractivity contribution in [1.82, 2.24) is 9.97 Å². The summed E-state index contributed by atoms with van der Waals surface area (Å²) in [5.74, 6) is -0.388. The smallest absolute Gasteiger partial charge is 0.341 e. The Labute approximate surface area is 169 Å². The van der Waals surface area contributed by atoms with Crippen LogP contribution in [0.2, 0.25) is 0 Å². The van der Waals surface area contributed by atoms with Crippen molar-refractivity contribution in [3.8, 4) is 0 Å². The first kappa shape index (κ1) is 18.9. The number of benzene rings is 2. The van der Waals surface area contributed by atoms with Gasteiger partial charge in [0.15, 0.2) is 0 Å². The Hall–Kier alpha value is -3.47. The molecule has 0 aliphatic carbocycles. The van der Waals surface area contributed by atoms with Crippen molar-refractivity contribution in [2.75, 3.05) is 11.9 Å². The lowest BCUT2D eigenvalue weighted by Gasteiger charge is -2.16. The molecule has 0 aliphatic rings. The van der Waals surface area contributed by atoms with E-state index in [1.54, 1.807) is 13.1 Å². The summed E-state index contributed by atoms with van der Waals surface area (Å²) in [5.41, 5.74) is 5.95. The van der Waals surface area contributed by atoms with Crippen molar-refractivity contribution >= 4 is 33.5 Å². The number of nitrogens with zero attached hydrogens (tertiary/aromatic N) is 2. The van der Waals surface area contributed by atoms with Gasteiger partial charge in [-0.25, -0.2) is 4.79 Å². The largest absolute Gasteiger partial charge is 0.462 e. The second kappa shape index (κ2) is 7.87. The topological polar surface area (TPSA) is 64.1 Å². The van der Waals surface area contributed by atoms with Gasteiger partial charge in [0, 0.05) is 29.2 Å². The van der Waals surface area contributed by atoms with Crippen LogP contribution in [0.15, 0.2) is 54.7 Å². The van der Waals surface area contributed by atoms with Crippen LogP contribution in [0.1, 0.15) is 34.1 Å². The summed E-state index contributed by atoms with van der Waals surface area (Å²) < 4.78 is 5.28. The molecule has 4 rings (SSSR count). The van der Waals surface area contributed by atoms with E-state index in [0.29, 0.717) is 24.4 Å². The van der Waals surface area contributed by atoms with E-state index in [4.69, 9.17) is 9.72 Å². The summed E-state index contributed by atoms with van der Waals surface area (Å²) in [6.07, 6.45) is 1.61. The van der Waals surface area contributed by atoms with Gasteiger partial charge in [0.1, 0.15) is 5.56 Å². The van der Waals surface area contributed by atoms with Gasteiger partial charge >= 0.3 is 5.97 Å². The summed E-state index contributed by atoms with van der Waals surface area (Å²) in [7, 11) is 0. The molecule has 0 saturated carbocycles. The molecule has 0 radical (unpaired) electrons. The monoisotopic (exact) mass is 385 g/mol. The molecular formula is C24H23N3O2. The fourth-order valence-electron chi connectivity index (χ4n) is 3.57. The molecule has 0 bridgehead atoms. The third-order valence-corrected chi connectivity index (χ3v) is 4.94. The van der Waals surface area contributed by atoms with Gasteiger partial charge in [0.2, 0.25) is 0 Å². The van der Waals surface area contributed by atoms with Gasteiger partial charge in [0.05, 0.1) is 23.3 Å². The van der Waals surface area contributed by atoms with Crippen molar-refractivity contribution in [3.63, 3.8) is 0 Å². The molecule has 146 valence electrons. The number of hydrogen-bond acceptors (Lipinski definition) is 5. The van der Waals surface area contributed by atoms with Gasteiger partial charge in [-0.2, -0.15) is 0 Å². The molecule has 2 aromatic heterocycles. The molecular weight excluding hydrogens is 362 g/mol. The number of carbonyl (C=O) groups is 1. The maximum atomic E-state index is 12.6. The lowest BCUT2D eigenvalue weighted by molar-refractivity contribution is 0.0527. The number of pyridine rings is 2. The van der Waals surface area contributed by atoms with Gasteiger partial charge in [-0.3, -0.25) is 9.97 Å². The van der Waals surface area contributed by atoms with E-state index < -0.39 is 0 Å². The number of fused-ring (bicyclic) bond motifs is 3. The molecule has 1 N–H and O–H groups in total. The minimum Gasteiger partial charge on any atom is -0.462 e. The highest BCUT2D eigenvalue weighted by molar-refractivity contribution is 6.13. The van der Waals surface area contributed by atoms with Crippen molar-refractivity contribution in [2.45, 2.75) is 27.3 Å². The average Bonchev–Trinajstić information content (AvgIpc) is 2.73. The molecule has 2 aromatic carbocycles. The molecule has 5 nitrogen and oxygen atoms in total. The van der Waals surface area contributed by atoms with E-state index in [9.17, 15) is 4.79 Å². The molecule has 4 aromatic rings. The fourth-order valence-corrected chi connectivity index (χ4v) is 3.57. The summed E-state index contributed by atoms with van der Waals surface area (Å²) >= 11 is 0. The van der Waals surface area contributed by atoms with Crippen LogP contribution < -0.4 is 5.32 Å². The van der Waals surface area contributed by atoms with Crippen LogP contribution in [0, 0.1) is 13.8 Å². The zero-order valence-electron chi connectivity index (χ0n) is 16.8. The minimum atomic E-state index is -0.388. The first-order chi connectivity index (χ1) is 14.1. The van der Waals surface area contributed by atoms with Crippen LogP contribution in [-0.4, -0.2) is 22.5 Å². The average molecular weight is 385 g/mol. The number of hydrogen-bond donors (Lipinski definition) is 1. The SMILES string of the molecule is CCOC(=O)c1cnc2c(c(C)nc3ccc(C)cc32)c1NCc1ccccc1. The van der Waals surface area contributed by atoms with Crippen molar-refractivity contribution < 1.29 is 9.53 Å². The molecule has 2 heterocycles. The lowest BCUT2D eigenvalue weighted by atomic mass is 10.0. The standard InChI is InChI=1S/C24H23N3O2/c1-4-29-24(28)19-14-26-22-18-12-15(2)10-11-20(18)27-16(3)21(22)23(19)25-13-17-8-6-5-7-9-17/h5-12,14H,4,13H2,1-3H3,(H,25,26). The van der Waals surface area contributed by atoms with E-state index in [0.717, 1.165) is 38.6 Å². The van der Waals surface area contributed by atoms with Crippen LogP contribution in [0.4, 0.5) is 5.69 Å². The first-order valence-electron chi connectivity index (χ1n) is 9.73. The third kappa shape index (κ3) is 3.63. The maximum absolute atomic E-state index is 12.6. The Bertz CT molecular complexity index is 1200. The number of carbonyl (C=O) groups excluding carboxylic acids is 1. The molecule has 29 heavy (non-hydrogen) atoms. The zero-order chi connectivity index (χ0) is 20.4. The maximum Gasteiger partial charge on any atom is 0.341 e. The molecule has 0 unspecified atom stereocenters. The number of aromatic nitrogens is 2. The molecule has 0 atom stereocenters. The Morgan fingerprint density at radius 1 is 1.10 bits per heavy atom. The highest BCUT2D eigenvalue weighted by Crippen LogP contribution is 2.33. The van der Waals surface area contributed by atoms with Gasteiger partial charge < -0.3 is 10.1 Å². The highest BCUT2D eigenvalue weighted by Gasteiger charge is 2.20. The molecule has 0 fully saturated rings. The number of anilines is 1. The first-order valence-corrected chi connectivity index (χ1v) is 9.73. The van der Waals surface area contributed by atoms with Gasteiger partial charge in [-0.05, 0) is 38.5 Å². The van der Waals surface area contributed by atoms with Gasteiger partial charge in [-0.15, -0.1) is 0 Å². The summed E-state index contributed by atoms with van der Waals surface area (Å²) in [6.45, 7) is 6.69. The number of esters is 1. The minimum absolute atomic E-state index is 0.309. The van der Waals surface area contributed by atoms with Crippen LogP contribution in [0.3, 0.4) is 0 Å². The number of nitrogens with one attached hydrogen (secondary N) is 1. The van der Waals surface area contributed by atoms with E-state index in [-0.39, 0.29) is 5.97 Å². The Morgan fingerprint density at radius 3 is 2.66 bits per heavy atom. The molecule has 0 amide bonds. The zero-order valence-corrected chi connectivity index (χ0v) is 16.8. The second-order valence-electron chi connectivity index (χ2n) is 7.05. The second-order valence-corrected chi connectivity index (χ2v) is 7.05. The summed E-state index contributed by atoms with van der Waals surface area (Å²) in [5, 5.41) is 5.28. The number of ether oxygens (including phenoxy) is 1. The third-order valence-electron chi connectivity index (χ3n) is 4.94. The fraction of sp³-hybridized carbons (Fsp3) is 0.208. The Balaban J connectivity index is 1.94. The summed E-state index contributed by atoms with van der Waals surface area (Å²) in [6, 6.07) is 16.2. The van der Waals surface area contributed by atoms with Crippen molar-refractivity contribution in [3.05, 3.63) is 77.1 Å². The van der Waals surface area contributed by atoms with Crippen molar-refractivity contribution in [2.24, 2.45) is 0 Å². The molecule has 0 saturated heterocycles. The van der Waals surface area contributed by atoms with Gasteiger partial charge in [0.25, 0.3) is 0 Å². The Morgan fingerprint density at radius 2 is 1.90 bits per heavy atom. The Kier molecular flexibility index (Phi) is 5.12. The van der Waals surface area contributed by atoms with E-state index >= 15 is 0 Å². The van der Waals surface area contributed by atoms with E-state index in [1.807, 2.05) is 56.3 Å². The number of aryl methyl sites for hydroxylation is 2. The normalized spacial score (nSPS) is 11.0. The molecule has 5 heteroatoms.